The maximum absolute atomic E-state index is 13.4. The Morgan fingerprint density at radius 3 is 2.41 bits per heavy atom. The molecule has 0 saturated carbocycles. The second-order valence-corrected chi connectivity index (χ2v) is 6.50. The molecule has 0 aliphatic carbocycles. The van der Waals surface area contributed by atoms with E-state index >= 15 is 0 Å². The third-order valence-corrected chi connectivity index (χ3v) is 4.59. The van der Waals surface area contributed by atoms with Crippen molar-refractivity contribution < 1.29 is 23.8 Å². The molecule has 29 heavy (non-hydrogen) atoms. The first-order chi connectivity index (χ1) is 14.0. The SMILES string of the molecule is O=C(O)COc1ccc(C2Nc3ccccc3C(=O)N2c2ccc(F)cc2)cc1. The number of amides is 1. The summed E-state index contributed by atoms with van der Waals surface area (Å²) >= 11 is 0. The van der Waals surface area contributed by atoms with Gasteiger partial charge in [0.25, 0.3) is 5.91 Å². The van der Waals surface area contributed by atoms with Crippen LogP contribution in [0.5, 0.6) is 5.75 Å². The lowest BCUT2D eigenvalue weighted by Gasteiger charge is -2.38. The van der Waals surface area contributed by atoms with Crippen LogP contribution in [0.2, 0.25) is 0 Å². The lowest BCUT2D eigenvalue weighted by Crippen LogP contribution is -2.43. The summed E-state index contributed by atoms with van der Waals surface area (Å²) in [6.45, 7) is -0.436. The zero-order valence-electron chi connectivity index (χ0n) is 15.2. The molecule has 3 aromatic carbocycles. The van der Waals surface area contributed by atoms with E-state index in [0.717, 1.165) is 5.56 Å². The molecule has 1 unspecified atom stereocenters. The van der Waals surface area contributed by atoms with Crippen molar-refractivity contribution in [3.8, 4) is 5.75 Å². The zero-order valence-corrected chi connectivity index (χ0v) is 15.2. The molecule has 0 fully saturated rings. The summed E-state index contributed by atoms with van der Waals surface area (Å²) < 4.78 is 18.6. The highest BCUT2D eigenvalue weighted by Gasteiger charge is 2.34. The fourth-order valence-electron chi connectivity index (χ4n) is 3.25. The van der Waals surface area contributed by atoms with E-state index in [4.69, 9.17) is 9.84 Å². The minimum absolute atomic E-state index is 0.206. The molecule has 3 aromatic rings. The Kier molecular flexibility index (Phi) is 4.87. The van der Waals surface area contributed by atoms with E-state index in [-0.39, 0.29) is 11.7 Å². The Morgan fingerprint density at radius 2 is 1.72 bits per heavy atom. The molecule has 6 nitrogen and oxygen atoms in total. The minimum Gasteiger partial charge on any atom is -0.482 e. The molecule has 1 aliphatic rings. The number of anilines is 2. The van der Waals surface area contributed by atoms with Crippen molar-refractivity contribution in [2.24, 2.45) is 0 Å². The minimum atomic E-state index is -1.06. The average Bonchev–Trinajstić information content (AvgIpc) is 2.73. The van der Waals surface area contributed by atoms with E-state index < -0.39 is 18.7 Å². The van der Waals surface area contributed by atoms with E-state index in [2.05, 4.69) is 5.32 Å². The van der Waals surface area contributed by atoms with Crippen molar-refractivity contribution in [3.05, 3.63) is 89.7 Å². The molecule has 0 aromatic heterocycles. The number of aliphatic carboxylic acids is 1. The number of carboxylic acids is 1. The Balaban J connectivity index is 1.71. The number of halogens is 1. The van der Waals surface area contributed by atoms with Crippen LogP contribution in [0, 0.1) is 5.82 Å². The van der Waals surface area contributed by atoms with Crippen LogP contribution in [0.1, 0.15) is 22.1 Å². The number of para-hydroxylation sites is 1. The van der Waals surface area contributed by atoms with Gasteiger partial charge in [0.05, 0.1) is 5.56 Å². The first-order valence-electron chi connectivity index (χ1n) is 8.92. The molecule has 0 bridgehead atoms. The van der Waals surface area contributed by atoms with Crippen LogP contribution in [0.4, 0.5) is 15.8 Å². The van der Waals surface area contributed by atoms with E-state index in [1.54, 1.807) is 53.4 Å². The molecule has 4 rings (SSSR count). The van der Waals surface area contributed by atoms with Gasteiger partial charge in [-0.25, -0.2) is 9.18 Å². The van der Waals surface area contributed by atoms with Crippen LogP contribution in [-0.4, -0.2) is 23.6 Å². The predicted octanol–water partition coefficient (Wildman–Crippen LogP) is 4.06. The molecule has 7 heteroatoms. The van der Waals surface area contributed by atoms with Crippen molar-refractivity contribution in [1.82, 2.24) is 0 Å². The maximum atomic E-state index is 13.4. The summed E-state index contributed by atoms with van der Waals surface area (Å²) in [6, 6.07) is 19.7. The summed E-state index contributed by atoms with van der Waals surface area (Å²) in [5.41, 5.74) is 2.54. The molecule has 1 amide bonds. The number of benzene rings is 3. The predicted molar refractivity (Wildman–Crippen MR) is 106 cm³/mol. The number of nitrogens with one attached hydrogen (secondary N) is 1. The number of carbonyl (C=O) groups excluding carboxylic acids is 1. The highest BCUT2D eigenvalue weighted by atomic mass is 19.1. The van der Waals surface area contributed by atoms with Gasteiger partial charge in [-0.1, -0.05) is 24.3 Å². The lowest BCUT2D eigenvalue weighted by molar-refractivity contribution is -0.139. The highest BCUT2D eigenvalue weighted by molar-refractivity contribution is 6.12. The standard InChI is InChI=1S/C22H17FN2O4/c23-15-7-9-16(10-8-15)25-21(24-19-4-2-1-3-18(19)22(25)28)14-5-11-17(12-6-14)29-13-20(26)27/h1-12,21,24H,13H2,(H,26,27). The molecule has 1 atom stereocenters. The monoisotopic (exact) mass is 392 g/mol. The maximum Gasteiger partial charge on any atom is 0.341 e. The number of ether oxygens (including phenoxy) is 1. The van der Waals surface area contributed by atoms with Crippen LogP contribution >= 0.6 is 0 Å². The molecule has 146 valence electrons. The molecule has 0 radical (unpaired) electrons. The smallest absolute Gasteiger partial charge is 0.341 e. The van der Waals surface area contributed by atoms with Crippen LogP contribution in [-0.2, 0) is 4.79 Å². The van der Waals surface area contributed by atoms with Gasteiger partial charge >= 0.3 is 5.97 Å². The van der Waals surface area contributed by atoms with Crippen molar-refractivity contribution >= 4 is 23.3 Å². The van der Waals surface area contributed by atoms with Crippen molar-refractivity contribution in [2.75, 3.05) is 16.8 Å². The molecular weight excluding hydrogens is 375 g/mol. The third-order valence-electron chi connectivity index (χ3n) is 4.59. The number of hydrogen-bond donors (Lipinski definition) is 2. The number of hydrogen-bond acceptors (Lipinski definition) is 4. The molecule has 2 N–H and O–H groups in total. The van der Waals surface area contributed by atoms with Crippen LogP contribution in [0.25, 0.3) is 0 Å². The second-order valence-electron chi connectivity index (χ2n) is 6.50. The van der Waals surface area contributed by atoms with Gasteiger partial charge < -0.3 is 15.2 Å². The van der Waals surface area contributed by atoms with Gasteiger partial charge in [0.2, 0.25) is 0 Å². The number of fused-ring (bicyclic) bond motifs is 1. The van der Waals surface area contributed by atoms with Gasteiger partial charge in [-0.3, -0.25) is 9.69 Å². The molecule has 0 saturated heterocycles. The summed E-state index contributed by atoms with van der Waals surface area (Å²) in [5, 5.41) is 12.1. The van der Waals surface area contributed by atoms with Gasteiger partial charge in [0.15, 0.2) is 6.61 Å². The fourth-order valence-corrected chi connectivity index (χ4v) is 3.25. The Bertz CT molecular complexity index is 1050. The van der Waals surface area contributed by atoms with Crippen LogP contribution < -0.4 is 15.0 Å². The van der Waals surface area contributed by atoms with Crippen LogP contribution in [0.3, 0.4) is 0 Å². The number of nitrogens with zero attached hydrogens (tertiary/aromatic N) is 1. The average molecular weight is 392 g/mol. The van der Waals surface area contributed by atoms with Gasteiger partial charge in [0.1, 0.15) is 17.7 Å². The van der Waals surface area contributed by atoms with E-state index in [1.807, 2.05) is 12.1 Å². The van der Waals surface area contributed by atoms with Gasteiger partial charge in [-0.15, -0.1) is 0 Å². The van der Waals surface area contributed by atoms with Gasteiger partial charge in [-0.05, 0) is 54.1 Å². The number of carbonyl (C=O) groups is 2. The topological polar surface area (TPSA) is 78.9 Å². The first-order valence-corrected chi connectivity index (χ1v) is 8.92. The molecular formula is C22H17FN2O4. The molecule has 1 heterocycles. The number of carboxylic acid groups (broad SMARTS) is 1. The van der Waals surface area contributed by atoms with E-state index in [0.29, 0.717) is 22.7 Å². The summed E-state index contributed by atoms with van der Waals surface area (Å²) in [6.07, 6.45) is -0.531. The fraction of sp³-hybridized carbons (Fsp3) is 0.0909. The highest BCUT2D eigenvalue weighted by Crippen LogP contribution is 2.37. The Hall–Kier alpha value is -3.87. The summed E-state index contributed by atoms with van der Waals surface area (Å²) in [5.74, 6) is -1.25. The molecule has 0 spiro atoms. The second kappa shape index (κ2) is 7.63. The largest absolute Gasteiger partial charge is 0.482 e. The lowest BCUT2D eigenvalue weighted by atomic mass is 10.0. The Morgan fingerprint density at radius 1 is 1.03 bits per heavy atom. The molecule has 1 aliphatic heterocycles. The number of rotatable bonds is 5. The quantitative estimate of drug-likeness (QED) is 0.685. The summed E-state index contributed by atoms with van der Waals surface area (Å²) in [4.78, 5) is 25.5. The van der Waals surface area contributed by atoms with E-state index in [1.165, 1.54) is 12.1 Å². The van der Waals surface area contributed by atoms with Crippen LogP contribution in [0.15, 0.2) is 72.8 Å². The van der Waals surface area contributed by atoms with Crippen molar-refractivity contribution in [3.63, 3.8) is 0 Å². The van der Waals surface area contributed by atoms with Crippen molar-refractivity contribution in [2.45, 2.75) is 6.17 Å². The first kappa shape index (κ1) is 18.5. The normalized spacial score (nSPS) is 15.4. The van der Waals surface area contributed by atoms with Crippen molar-refractivity contribution in [1.29, 1.82) is 0 Å². The van der Waals surface area contributed by atoms with Gasteiger partial charge in [-0.2, -0.15) is 0 Å². The Labute approximate surface area is 166 Å². The van der Waals surface area contributed by atoms with E-state index in [9.17, 15) is 14.0 Å². The summed E-state index contributed by atoms with van der Waals surface area (Å²) in [7, 11) is 0. The zero-order chi connectivity index (χ0) is 20.4. The van der Waals surface area contributed by atoms with Gasteiger partial charge in [0, 0.05) is 11.4 Å². The third kappa shape index (κ3) is 3.75.